The highest BCUT2D eigenvalue weighted by molar-refractivity contribution is 5.91. The molecule has 27 heavy (non-hydrogen) atoms. The predicted octanol–water partition coefficient (Wildman–Crippen LogP) is 5.29. The van der Waals surface area contributed by atoms with E-state index in [1.807, 2.05) is 50.2 Å². The van der Waals surface area contributed by atoms with Crippen molar-refractivity contribution in [1.82, 2.24) is 0 Å². The Labute approximate surface area is 159 Å². The molecule has 4 nitrogen and oxygen atoms in total. The van der Waals surface area contributed by atoms with Gasteiger partial charge < -0.3 is 14.2 Å². The van der Waals surface area contributed by atoms with Gasteiger partial charge >= 0.3 is 5.97 Å². The zero-order valence-electron chi connectivity index (χ0n) is 15.7. The summed E-state index contributed by atoms with van der Waals surface area (Å²) in [7, 11) is 1.60. The maximum absolute atomic E-state index is 12.3. The van der Waals surface area contributed by atoms with Crippen LogP contribution in [0.25, 0.3) is 11.1 Å². The minimum absolute atomic E-state index is 0.394. The molecule has 0 fully saturated rings. The number of carbonyl (C=O) groups excluding carboxylic acids is 1. The summed E-state index contributed by atoms with van der Waals surface area (Å²) >= 11 is 0. The first-order chi connectivity index (χ1) is 13.1. The third-order valence-electron chi connectivity index (χ3n) is 4.19. The Hall–Kier alpha value is -3.27. The molecule has 138 valence electrons. The molecule has 0 unspecified atom stereocenters. The van der Waals surface area contributed by atoms with E-state index in [1.165, 1.54) is 0 Å². The van der Waals surface area contributed by atoms with Gasteiger partial charge in [-0.1, -0.05) is 24.3 Å². The lowest BCUT2D eigenvalue weighted by Crippen LogP contribution is -2.08. The highest BCUT2D eigenvalue weighted by atomic mass is 16.5. The van der Waals surface area contributed by atoms with Crippen molar-refractivity contribution < 1.29 is 19.0 Å². The first-order valence-corrected chi connectivity index (χ1v) is 8.81. The van der Waals surface area contributed by atoms with Crippen molar-refractivity contribution in [2.75, 3.05) is 13.7 Å². The number of hydrogen-bond donors (Lipinski definition) is 0. The standard InChI is InChI=1S/C23H22O4/c1-4-26-20-10-5-17(6-11-20)18-7-12-21(13-8-18)27-23(24)19-9-14-22(25-3)16(2)15-19/h5-15H,4H2,1-3H3. The van der Waals surface area contributed by atoms with Crippen molar-refractivity contribution in [2.24, 2.45) is 0 Å². The second-order valence-corrected chi connectivity index (χ2v) is 6.06. The van der Waals surface area contributed by atoms with E-state index in [0.717, 1.165) is 28.2 Å². The molecule has 3 rings (SSSR count). The van der Waals surface area contributed by atoms with Gasteiger partial charge in [0.1, 0.15) is 17.2 Å². The Morgan fingerprint density at radius 3 is 1.96 bits per heavy atom. The number of methoxy groups -OCH3 is 1. The van der Waals surface area contributed by atoms with Crippen molar-refractivity contribution in [2.45, 2.75) is 13.8 Å². The van der Waals surface area contributed by atoms with Crippen LogP contribution in [0.2, 0.25) is 0 Å². The summed E-state index contributed by atoms with van der Waals surface area (Å²) in [5, 5.41) is 0. The summed E-state index contributed by atoms with van der Waals surface area (Å²) in [6, 6.07) is 20.6. The molecule has 4 heteroatoms. The molecular formula is C23H22O4. The summed E-state index contributed by atoms with van der Waals surface area (Å²) in [4.78, 5) is 12.3. The fraction of sp³-hybridized carbons (Fsp3) is 0.174. The van der Waals surface area contributed by atoms with E-state index >= 15 is 0 Å². The summed E-state index contributed by atoms with van der Waals surface area (Å²) in [6.07, 6.45) is 0. The zero-order chi connectivity index (χ0) is 19.2. The third kappa shape index (κ3) is 4.47. The van der Waals surface area contributed by atoms with Crippen LogP contribution in [-0.4, -0.2) is 19.7 Å². The van der Waals surface area contributed by atoms with Gasteiger partial charge in [0, 0.05) is 0 Å². The van der Waals surface area contributed by atoms with Gasteiger partial charge in [0.25, 0.3) is 0 Å². The largest absolute Gasteiger partial charge is 0.496 e. The lowest BCUT2D eigenvalue weighted by atomic mass is 10.1. The monoisotopic (exact) mass is 362 g/mol. The number of aryl methyl sites for hydroxylation is 1. The number of hydrogen-bond acceptors (Lipinski definition) is 4. The normalized spacial score (nSPS) is 10.3. The van der Waals surface area contributed by atoms with Crippen LogP contribution in [0.15, 0.2) is 66.7 Å². The average Bonchev–Trinajstić information content (AvgIpc) is 2.69. The SMILES string of the molecule is CCOc1ccc(-c2ccc(OC(=O)c3ccc(OC)c(C)c3)cc2)cc1. The number of rotatable bonds is 6. The van der Waals surface area contributed by atoms with Crippen molar-refractivity contribution >= 4 is 5.97 Å². The Morgan fingerprint density at radius 2 is 1.44 bits per heavy atom. The average molecular weight is 362 g/mol. The smallest absolute Gasteiger partial charge is 0.343 e. The minimum Gasteiger partial charge on any atom is -0.496 e. The molecule has 0 atom stereocenters. The zero-order valence-corrected chi connectivity index (χ0v) is 15.7. The molecule has 0 saturated carbocycles. The lowest BCUT2D eigenvalue weighted by Gasteiger charge is -2.09. The molecular weight excluding hydrogens is 340 g/mol. The molecule has 3 aromatic rings. The molecule has 0 saturated heterocycles. The van der Waals surface area contributed by atoms with Gasteiger partial charge in [-0.05, 0) is 73.0 Å². The van der Waals surface area contributed by atoms with Crippen LogP contribution in [0.4, 0.5) is 0 Å². The highest BCUT2D eigenvalue weighted by Crippen LogP contribution is 2.25. The number of benzene rings is 3. The van der Waals surface area contributed by atoms with E-state index in [1.54, 1.807) is 37.4 Å². The van der Waals surface area contributed by atoms with Crippen LogP contribution in [-0.2, 0) is 0 Å². The Kier molecular flexibility index (Phi) is 5.77. The summed E-state index contributed by atoms with van der Waals surface area (Å²) in [5.74, 6) is 1.70. The molecule has 0 aromatic heterocycles. The van der Waals surface area contributed by atoms with Gasteiger partial charge in [0.2, 0.25) is 0 Å². The molecule has 0 bridgehead atoms. The van der Waals surface area contributed by atoms with Crippen LogP contribution in [0.3, 0.4) is 0 Å². The number of esters is 1. The van der Waals surface area contributed by atoms with Gasteiger partial charge in [0.05, 0.1) is 19.3 Å². The molecule has 0 aliphatic carbocycles. The third-order valence-corrected chi connectivity index (χ3v) is 4.19. The van der Waals surface area contributed by atoms with Crippen LogP contribution in [0.1, 0.15) is 22.8 Å². The van der Waals surface area contributed by atoms with E-state index < -0.39 is 5.97 Å². The quantitative estimate of drug-likeness (QED) is 0.441. The molecule has 0 spiro atoms. The molecule has 0 N–H and O–H groups in total. The summed E-state index contributed by atoms with van der Waals surface area (Å²) in [6.45, 7) is 4.50. The van der Waals surface area contributed by atoms with Gasteiger partial charge in [0.15, 0.2) is 0 Å². The van der Waals surface area contributed by atoms with E-state index in [9.17, 15) is 4.79 Å². The Morgan fingerprint density at radius 1 is 0.852 bits per heavy atom. The molecule has 0 heterocycles. The highest BCUT2D eigenvalue weighted by Gasteiger charge is 2.11. The van der Waals surface area contributed by atoms with Crippen LogP contribution in [0, 0.1) is 6.92 Å². The summed E-state index contributed by atoms with van der Waals surface area (Å²) < 4.78 is 16.1. The Bertz CT molecular complexity index is 912. The molecule has 0 amide bonds. The van der Waals surface area contributed by atoms with Gasteiger partial charge in [-0.2, -0.15) is 0 Å². The van der Waals surface area contributed by atoms with Crippen molar-refractivity contribution in [3.8, 4) is 28.4 Å². The minimum atomic E-state index is -0.394. The molecule has 0 aliphatic heterocycles. The van der Waals surface area contributed by atoms with Gasteiger partial charge in [-0.3, -0.25) is 0 Å². The first kappa shape index (κ1) is 18.5. The van der Waals surface area contributed by atoms with Crippen molar-refractivity contribution in [3.05, 3.63) is 77.9 Å². The van der Waals surface area contributed by atoms with Gasteiger partial charge in [-0.15, -0.1) is 0 Å². The maximum Gasteiger partial charge on any atom is 0.343 e. The summed E-state index contributed by atoms with van der Waals surface area (Å²) in [5.41, 5.74) is 3.49. The van der Waals surface area contributed by atoms with Gasteiger partial charge in [-0.25, -0.2) is 4.79 Å². The van der Waals surface area contributed by atoms with Crippen LogP contribution >= 0.6 is 0 Å². The molecule has 0 aliphatic rings. The number of carbonyl (C=O) groups is 1. The Balaban J connectivity index is 1.70. The first-order valence-electron chi connectivity index (χ1n) is 8.81. The molecule has 0 radical (unpaired) electrons. The second kappa shape index (κ2) is 8.41. The second-order valence-electron chi connectivity index (χ2n) is 6.06. The van der Waals surface area contributed by atoms with E-state index in [-0.39, 0.29) is 0 Å². The van der Waals surface area contributed by atoms with E-state index in [2.05, 4.69) is 0 Å². The van der Waals surface area contributed by atoms with Crippen molar-refractivity contribution in [1.29, 1.82) is 0 Å². The fourth-order valence-corrected chi connectivity index (χ4v) is 2.80. The maximum atomic E-state index is 12.3. The topological polar surface area (TPSA) is 44.8 Å². The number of ether oxygens (including phenoxy) is 3. The van der Waals surface area contributed by atoms with Crippen molar-refractivity contribution in [3.63, 3.8) is 0 Å². The predicted molar refractivity (Wildman–Crippen MR) is 106 cm³/mol. The molecule has 3 aromatic carbocycles. The fourth-order valence-electron chi connectivity index (χ4n) is 2.80. The van der Waals surface area contributed by atoms with Crippen LogP contribution < -0.4 is 14.2 Å². The van der Waals surface area contributed by atoms with E-state index in [0.29, 0.717) is 17.9 Å². The van der Waals surface area contributed by atoms with Crippen LogP contribution in [0.5, 0.6) is 17.2 Å². The van der Waals surface area contributed by atoms with E-state index in [4.69, 9.17) is 14.2 Å². The lowest BCUT2D eigenvalue weighted by molar-refractivity contribution is 0.0734.